The van der Waals surface area contributed by atoms with Crippen LogP contribution in [0.25, 0.3) is 0 Å². The first-order valence-corrected chi connectivity index (χ1v) is 5.90. The number of hydrogen-bond acceptors (Lipinski definition) is 4. The Hall–Kier alpha value is -0.450. The highest BCUT2D eigenvalue weighted by Gasteiger charge is 2.09. The second-order valence-electron chi connectivity index (χ2n) is 3.64. The van der Waals surface area contributed by atoms with E-state index in [-0.39, 0.29) is 0 Å². The fourth-order valence-electron chi connectivity index (χ4n) is 1.30. The maximum Gasteiger partial charge on any atom is 0.0795 e. The van der Waals surface area contributed by atoms with E-state index in [4.69, 9.17) is 0 Å². The summed E-state index contributed by atoms with van der Waals surface area (Å²) in [5, 5.41) is 5.28. The average molecular weight is 213 g/mol. The minimum absolute atomic E-state index is 0.601. The second kappa shape index (κ2) is 6.11. The maximum absolute atomic E-state index is 4.28. The zero-order valence-electron chi connectivity index (χ0n) is 9.16. The average Bonchev–Trinajstić information content (AvgIpc) is 2.66. The van der Waals surface area contributed by atoms with Gasteiger partial charge in [-0.1, -0.05) is 0 Å². The fraction of sp³-hybridized carbons (Fsp3) is 0.700. The molecule has 1 aromatic heterocycles. The summed E-state index contributed by atoms with van der Waals surface area (Å²) >= 11 is 1.66. The lowest BCUT2D eigenvalue weighted by molar-refractivity contribution is 0.235. The third-order valence-electron chi connectivity index (χ3n) is 2.46. The number of thiazole rings is 1. The Bertz CT molecular complexity index is 236. The quantitative estimate of drug-likeness (QED) is 0.777. The van der Waals surface area contributed by atoms with E-state index < -0.39 is 0 Å². The van der Waals surface area contributed by atoms with Crippen molar-refractivity contribution in [3.05, 3.63) is 16.6 Å². The molecule has 14 heavy (non-hydrogen) atoms. The van der Waals surface area contributed by atoms with Crippen LogP contribution in [0.2, 0.25) is 0 Å². The normalized spacial score (nSPS) is 13.4. The number of hydrogen-bond donors (Lipinski definition) is 1. The minimum atomic E-state index is 0.601. The zero-order chi connectivity index (χ0) is 10.4. The lowest BCUT2D eigenvalue weighted by Gasteiger charge is -2.23. The van der Waals surface area contributed by atoms with Gasteiger partial charge in [0.1, 0.15) is 0 Å². The molecule has 0 amide bonds. The lowest BCUT2D eigenvalue weighted by Crippen LogP contribution is -2.31. The molecule has 1 heterocycles. The van der Waals surface area contributed by atoms with Crippen molar-refractivity contribution in [2.24, 2.45) is 0 Å². The van der Waals surface area contributed by atoms with Crippen molar-refractivity contribution in [3.63, 3.8) is 0 Å². The number of rotatable bonds is 6. The predicted molar refractivity (Wildman–Crippen MR) is 61.6 cm³/mol. The lowest BCUT2D eigenvalue weighted by atomic mass is 10.2. The fourth-order valence-corrected chi connectivity index (χ4v) is 1.85. The molecule has 0 fully saturated rings. The molecule has 0 aliphatic heterocycles. The molecule has 0 radical (unpaired) electrons. The van der Waals surface area contributed by atoms with E-state index in [1.54, 1.807) is 11.3 Å². The van der Waals surface area contributed by atoms with E-state index >= 15 is 0 Å². The molecule has 0 aliphatic carbocycles. The van der Waals surface area contributed by atoms with E-state index in [1.165, 1.54) is 12.1 Å². The summed E-state index contributed by atoms with van der Waals surface area (Å²) in [6, 6.07) is 0.601. The summed E-state index contributed by atoms with van der Waals surface area (Å²) in [7, 11) is 4.15. The summed E-state index contributed by atoms with van der Waals surface area (Å²) in [5.74, 6) is 0. The molecule has 1 atom stereocenters. The molecule has 0 aromatic carbocycles. The van der Waals surface area contributed by atoms with Crippen LogP contribution >= 0.6 is 11.3 Å². The van der Waals surface area contributed by atoms with E-state index in [1.807, 2.05) is 12.6 Å². The van der Waals surface area contributed by atoms with Crippen LogP contribution in [0.4, 0.5) is 0 Å². The zero-order valence-corrected chi connectivity index (χ0v) is 9.97. The van der Waals surface area contributed by atoms with Gasteiger partial charge in [-0.15, -0.1) is 11.3 Å². The van der Waals surface area contributed by atoms with Crippen LogP contribution in [0, 0.1) is 0 Å². The first-order valence-electron chi connectivity index (χ1n) is 4.96. The standard InChI is InChI=1S/C10H19N3S/c1-9(4-5-11-2)13(3)6-10-7-14-8-12-10/h7-9,11H,4-6H2,1-3H3. The van der Waals surface area contributed by atoms with Gasteiger partial charge in [0, 0.05) is 18.0 Å². The van der Waals surface area contributed by atoms with Crippen LogP contribution in [0.5, 0.6) is 0 Å². The van der Waals surface area contributed by atoms with Gasteiger partial charge in [-0.3, -0.25) is 4.90 Å². The highest BCUT2D eigenvalue weighted by atomic mass is 32.1. The van der Waals surface area contributed by atoms with E-state index in [0.717, 1.165) is 13.1 Å². The van der Waals surface area contributed by atoms with Crippen molar-refractivity contribution < 1.29 is 0 Å². The van der Waals surface area contributed by atoms with Crippen LogP contribution in [-0.4, -0.2) is 36.6 Å². The van der Waals surface area contributed by atoms with Gasteiger partial charge < -0.3 is 5.32 Å². The smallest absolute Gasteiger partial charge is 0.0795 e. The van der Waals surface area contributed by atoms with Crippen LogP contribution in [0.3, 0.4) is 0 Å². The first kappa shape index (κ1) is 11.6. The summed E-state index contributed by atoms with van der Waals surface area (Å²) < 4.78 is 0. The highest BCUT2D eigenvalue weighted by molar-refractivity contribution is 7.07. The summed E-state index contributed by atoms with van der Waals surface area (Å²) in [6.07, 6.45) is 1.18. The Morgan fingerprint density at radius 1 is 1.64 bits per heavy atom. The molecular weight excluding hydrogens is 194 g/mol. The van der Waals surface area contributed by atoms with Gasteiger partial charge in [0.2, 0.25) is 0 Å². The summed E-state index contributed by atoms with van der Waals surface area (Å²) in [5.41, 5.74) is 3.07. The Morgan fingerprint density at radius 3 is 3.00 bits per heavy atom. The third-order valence-corrected chi connectivity index (χ3v) is 3.09. The van der Waals surface area contributed by atoms with E-state index in [0.29, 0.717) is 6.04 Å². The van der Waals surface area contributed by atoms with Gasteiger partial charge in [-0.2, -0.15) is 0 Å². The highest BCUT2D eigenvalue weighted by Crippen LogP contribution is 2.08. The van der Waals surface area contributed by atoms with E-state index in [9.17, 15) is 0 Å². The summed E-state index contributed by atoms with van der Waals surface area (Å²) in [4.78, 5) is 6.62. The molecule has 0 spiro atoms. The molecule has 80 valence electrons. The van der Waals surface area contributed by atoms with Crippen molar-refractivity contribution >= 4 is 11.3 Å². The van der Waals surface area contributed by atoms with Gasteiger partial charge in [-0.25, -0.2) is 4.98 Å². The molecule has 0 saturated heterocycles. The molecule has 1 N–H and O–H groups in total. The van der Waals surface area contributed by atoms with Gasteiger partial charge >= 0.3 is 0 Å². The van der Waals surface area contributed by atoms with Gasteiger partial charge in [0.05, 0.1) is 11.2 Å². The van der Waals surface area contributed by atoms with Gasteiger partial charge in [0.25, 0.3) is 0 Å². The molecule has 4 heteroatoms. The van der Waals surface area contributed by atoms with Crippen molar-refractivity contribution in [3.8, 4) is 0 Å². The Balaban J connectivity index is 2.30. The molecule has 1 unspecified atom stereocenters. The van der Waals surface area contributed by atoms with Crippen LogP contribution in [0.15, 0.2) is 10.9 Å². The molecule has 0 bridgehead atoms. The monoisotopic (exact) mass is 213 g/mol. The first-order chi connectivity index (χ1) is 6.74. The van der Waals surface area contributed by atoms with Crippen molar-refractivity contribution in [1.29, 1.82) is 0 Å². The van der Waals surface area contributed by atoms with E-state index in [2.05, 4.69) is 34.6 Å². The molecular formula is C10H19N3S. The number of aromatic nitrogens is 1. The molecule has 0 aliphatic rings. The van der Waals surface area contributed by atoms with Gasteiger partial charge in [0.15, 0.2) is 0 Å². The van der Waals surface area contributed by atoms with Crippen LogP contribution < -0.4 is 5.32 Å². The number of nitrogens with zero attached hydrogens (tertiary/aromatic N) is 2. The number of nitrogens with one attached hydrogen (secondary N) is 1. The van der Waals surface area contributed by atoms with Crippen LogP contribution in [-0.2, 0) is 6.54 Å². The molecule has 3 nitrogen and oxygen atoms in total. The summed E-state index contributed by atoms with van der Waals surface area (Å²) in [6.45, 7) is 4.28. The Kier molecular flexibility index (Phi) is 5.07. The van der Waals surface area contributed by atoms with Gasteiger partial charge in [-0.05, 0) is 34.0 Å². The molecule has 0 saturated carbocycles. The molecule has 1 aromatic rings. The third kappa shape index (κ3) is 3.74. The second-order valence-corrected chi connectivity index (χ2v) is 4.35. The van der Waals surface area contributed by atoms with Crippen molar-refractivity contribution in [1.82, 2.24) is 15.2 Å². The Labute approximate surface area is 90.2 Å². The predicted octanol–water partition coefficient (Wildman–Crippen LogP) is 1.57. The van der Waals surface area contributed by atoms with Crippen molar-refractivity contribution in [2.75, 3.05) is 20.6 Å². The topological polar surface area (TPSA) is 28.2 Å². The largest absolute Gasteiger partial charge is 0.320 e. The maximum atomic E-state index is 4.28. The van der Waals surface area contributed by atoms with Crippen LogP contribution in [0.1, 0.15) is 19.0 Å². The van der Waals surface area contributed by atoms with Crippen molar-refractivity contribution in [2.45, 2.75) is 25.9 Å². The minimum Gasteiger partial charge on any atom is -0.320 e. The molecule has 1 rings (SSSR count). The SMILES string of the molecule is CNCCC(C)N(C)Cc1cscn1. The Morgan fingerprint density at radius 2 is 2.43 bits per heavy atom.